The Morgan fingerprint density at radius 2 is 1.38 bits per heavy atom. The summed E-state index contributed by atoms with van der Waals surface area (Å²) in [6, 6.07) is 7.35. The summed E-state index contributed by atoms with van der Waals surface area (Å²) in [5.74, 6) is -0.436. The zero-order valence-corrected chi connectivity index (χ0v) is 14.7. The van der Waals surface area contributed by atoms with Gasteiger partial charge in [0.1, 0.15) is 0 Å². The summed E-state index contributed by atoms with van der Waals surface area (Å²) in [5, 5.41) is 0. The second-order valence-corrected chi connectivity index (χ2v) is 5.60. The molecular formula is C19H28O5. The van der Waals surface area contributed by atoms with E-state index in [4.69, 9.17) is 14.2 Å². The summed E-state index contributed by atoms with van der Waals surface area (Å²) >= 11 is 0. The predicted octanol–water partition coefficient (Wildman–Crippen LogP) is 3.68. The van der Waals surface area contributed by atoms with E-state index in [1.54, 1.807) is 19.1 Å². The molecule has 0 unspecified atom stereocenters. The van der Waals surface area contributed by atoms with Crippen molar-refractivity contribution in [2.75, 3.05) is 26.4 Å². The Kier molecular flexibility index (Phi) is 10.5. The van der Waals surface area contributed by atoms with E-state index in [1.807, 2.05) is 19.1 Å². The third kappa shape index (κ3) is 9.30. The van der Waals surface area contributed by atoms with Crippen LogP contribution in [-0.4, -0.2) is 38.4 Å². The van der Waals surface area contributed by atoms with Crippen molar-refractivity contribution in [1.82, 2.24) is 0 Å². The summed E-state index contributed by atoms with van der Waals surface area (Å²) < 4.78 is 15.7. The van der Waals surface area contributed by atoms with Gasteiger partial charge in [0.25, 0.3) is 0 Å². The zero-order valence-electron chi connectivity index (χ0n) is 14.7. The number of hydrogen-bond donors (Lipinski definition) is 0. The zero-order chi connectivity index (χ0) is 17.6. The Hall–Kier alpha value is -1.88. The van der Waals surface area contributed by atoms with Crippen molar-refractivity contribution in [3.05, 3.63) is 35.4 Å². The van der Waals surface area contributed by atoms with Gasteiger partial charge < -0.3 is 14.2 Å². The fraction of sp³-hybridized carbons (Fsp3) is 0.579. The van der Waals surface area contributed by atoms with E-state index in [2.05, 4.69) is 0 Å². The van der Waals surface area contributed by atoms with E-state index in [1.165, 1.54) is 0 Å². The minimum Gasteiger partial charge on any atom is -0.466 e. The quantitative estimate of drug-likeness (QED) is 0.430. The largest absolute Gasteiger partial charge is 0.466 e. The normalized spacial score (nSPS) is 10.4. The van der Waals surface area contributed by atoms with Crippen LogP contribution in [0.5, 0.6) is 0 Å². The first-order valence-corrected chi connectivity index (χ1v) is 8.60. The Morgan fingerprint density at radius 1 is 0.833 bits per heavy atom. The van der Waals surface area contributed by atoms with Crippen LogP contribution in [0.25, 0.3) is 0 Å². The first kappa shape index (κ1) is 20.2. The number of benzene rings is 1. The van der Waals surface area contributed by atoms with Crippen molar-refractivity contribution < 1.29 is 23.8 Å². The van der Waals surface area contributed by atoms with Crippen LogP contribution in [0.3, 0.4) is 0 Å². The molecule has 1 aromatic rings. The minimum atomic E-state index is -0.280. The SMILES string of the molecule is CCC(=O)OCCCCOCCCCOC(=O)c1ccc(C)cc1. The first-order chi connectivity index (χ1) is 11.6. The number of unbranched alkanes of at least 4 members (excludes halogenated alkanes) is 2. The molecule has 24 heavy (non-hydrogen) atoms. The molecular weight excluding hydrogens is 308 g/mol. The van der Waals surface area contributed by atoms with Crippen molar-refractivity contribution in [2.45, 2.75) is 46.0 Å². The number of carbonyl (C=O) groups excluding carboxylic acids is 2. The van der Waals surface area contributed by atoms with Gasteiger partial charge in [-0.25, -0.2) is 4.79 Å². The van der Waals surface area contributed by atoms with Crippen molar-refractivity contribution >= 4 is 11.9 Å². The van der Waals surface area contributed by atoms with Crippen LogP contribution in [0.1, 0.15) is 54.9 Å². The Bertz CT molecular complexity index is 481. The fourth-order valence-electron chi connectivity index (χ4n) is 1.94. The van der Waals surface area contributed by atoms with Gasteiger partial charge in [0, 0.05) is 19.6 Å². The molecule has 0 aliphatic carbocycles. The number of aryl methyl sites for hydroxylation is 1. The van der Waals surface area contributed by atoms with Gasteiger partial charge in [-0.1, -0.05) is 24.6 Å². The standard InChI is InChI=1S/C19H28O5/c1-3-18(20)23-14-6-4-12-22-13-5-7-15-24-19(21)17-10-8-16(2)9-11-17/h8-11H,3-7,12-15H2,1-2H3. The lowest BCUT2D eigenvalue weighted by Gasteiger charge is -2.06. The fourth-order valence-corrected chi connectivity index (χ4v) is 1.94. The van der Waals surface area contributed by atoms with E-state index in [0.717, 1.165) is 31.2 Å². The van der Waals surface area contributed by atoms with E-state index < -0.39 is 0 Å². The summed E-state index contributed by atoms with van der Waals surface area (Å²) in [6.07, 6.45) is 3.75. The smallest absolute Gasteiger partial charge is 0.338 e. The molecule has 0 amide bonds. The maximum Gasteiger partial charge on any atom is 0.338 e. The molecule has 0 saturated heterocycles. The van der Waals surface area contributed by atoms with Gasteiger partial charge in [-0.2, -0.15) is 0 Å². The third-order valence-electron chi connectivity index (χ3n) is 3.44. The van der Waals surface area contributed by atoms with Crippen molar-refractivity contribution in [3.63, 3.8) is 0 Å². The highest BCUT2D eigenvalue weighted by molar-refractivity contribution is 5.89. The van der Waals surface area contributed by atoms with E-state index in [0.29, 0.717) is 38.4 Å². The van der Waals surface area contributed by atoms with Crippen LogP contribution in [0.4, 0.5) is 0 Å². The molecule has 0 radical (unpaired) electrons. The van der Waals surface area contributed by atoms with Gasteiger partial charge in [-0.3, -0.25) is 4.79 Å². The van der Waals surface area contributed by atoms with Gasteiger partial charge >= 0.3 is 11.9 Å². The van der Waals surface area contributed by atoms with Crippen molar-refractivity contribution in [2.24, 2.45) is 0 Å². The molecule has 1 rings (SSSR count). The van der Waals surface area contributed by atoms with Gasteiger partial charge in [0.15, 0.2) is 0 Å². The Morgan fingerprint density at radius 3 is 1.96 bits per heavy atom. The van der Waals surface area contributed by atoms with Crippen LogP contribution in [0.15, 0.2) is 24.3 Å². The summed E-state index contributed by atoms with van der Waals surface area (Å²) in [5.41, 5.74) is 1.70. The lowest BCUT2D eigenvalue weighted by Crippen LogP contribution is -2.07. The molecule has 0 aromatic heterocycles. The average Bonchev–Trinajstić information content (AvgIpc) is 2.59. The van der Waals surface area contributed by atoms with Crippen LogP contribution in [0.2, 0.25) is 0 Å². The molecule has 0 heterocycles. The highest BCUT2D eigenvalue weighted by Crippen LogP contribution is 2.05. The van der Waals surface area contributed by atoms with Crippen LogP contribution < -0.4 is 0 Å². The van der Waals surface area contributed by atoms with Gasteiger partial charge in [-0.15, -0.1) is 0 Å². The minimum absolute atomic E-state index is 0.156. The summed E-state index contributed by atoms with van der Waals surface area (Å²) in [6.45, 7) is 5.94. The van der Waals surface area contributed by atoms with E-state index in [9.17, 15) is 9.59 Å². The van der Waals surface area contributed by atoms with E-state index >= 15 is 0 Å². The molecule has 0 fully saturated rings. The number of ether oxygens (including phenoxy) is 3. The maximum atomic E-state index is 11.8. The number of esters is 2. The highest BCUT2D eigenvalue weighted by Gasteiger charge is 2.05. The van der Waals surface area contributed by atoms with Crippen molar-refractivity contribution in [3.8, 4) is 0 Å². The maximum absolute atomic E-state index is 11.8. The molecule has 134 valence electrons. The average molecular weight is 336 g/mol. The van der Waals surface area contributed by atoms with E-state index in [-0.39, 0.29) is 11.9 Å². The molecule has 5 heteroatoms. The highest BCUT2D eigenvalue weighted by atomic mass is 16.5. The predicted molar refractivity (Wildman–Crippen MR) is 92.0 cm³/mol. The van der Waals surface area contributed by atoms with Crippen LogP contribution in [-0.2, 0) is 19.0 Å². The Labute approximate surface area is 144 Å². The monoisotopic (exact) mass is 336 g/mol. The summed E-state index contributed by atoms with van der Waals surface area (Å²) in [4.78, 5) is 22.7. The van der Waals surface area contributed by atoms with Gasteiger partial charge in [0.2, 0.25) is 0 Å². The topological polar surface area (TPSA) is 61.8 Å². The van der Waals surface area contributed by atoms with Gasteiger partial charge in [0.05, 0.1) is 18.8 Å². The summed E-state index contributed by atoms with van der Waals surface area (Å²) in [7, 11) is 0. The molecule has 0 saturated carbocycles. The second kappa shape index (κ2) is 12.5. The third-order valence-corrected chi connectivity index (χ3v) is 3.44. The first-order valence-electron chi connectivity index (χ1n) is 8.60. The molecule has 0 atom stereocenters. The molecule has 0 aliphatic heterocycles. The number of carbonyl (C=O) groups is 2. The number of hydrogen-bond acceptors (Lipinski definition) is 5. The number of rotatable bonds is 12. The molecule has 0 N–H and O–H groups in total. The van der Waals surface area contributed by atoms with Crippen LogP contribution in [0, 0.1) is 6.92 Å². The molecule has 0 bridgehead atoms. The molecule has 0 aliphatic rings. The van der Waals surface area contributed by atoms with Crippen molar-refractivity contribution in [1.29, 1.82) is 0 Å². The molecule has 0 spiro atoms. The molecule has 1 aromatic carbocycles. The second-order valence-electron chi connectivity index (χ2n) is 5.60. The Balaban J connectivity index is 1.91. The lowest BCUT2D eigenvalue weighted by molar-refractivity contribution is -0.143. The lowest BCUT2D eigenvalue weighted by atomic mass is 10.1. The molecule has 5 nitrogen and oxygen atoms in total. The van der Waals surface area contributed by atoms with Crippen LogP contribution >= 0.6 is 0 Å². The van der Waals surface area contributed by atoms with Gasteiger partial charge in [-0.05, 0) is 44.7 Å².